The van der Waals surface area contributed by atoms with Gasteiger partial charge < -0.3 is 15.2 Å². The zero-order chi connectivity index (χ0) is 14.2. The van der Waals surface area contributed by atoms with E-state index in [0.717, 1.165) is 10.2 Å². The van der Waals surface area contributed by atoms with E-state index in [-0.39, 0.29) is 0 Å². The number of aliphatic hydroxyl groups excluding tert-OH is 1. The van der Waals surface area contributed by atoms with E-state index in [1.165, 1.54) is 38.5 Å². The number of hydrogen-bond donors (Lipinski definition) is 2. The van der Waals surface area contributed by atoms with Crippen molar-refractivity contribution in [2.45, 2.75) is 50.7 Å². The molecule has 1 saturated carbocycles. The van der Waals surface area contributed by atoms with Crippen LogP contribution in [0.15, 0.2) is 28.7 Å². The topological polar surface area (TPSA) is 41.5 Å². The van der Waals surface area contributed by atoms with Crippen LogP contribution in [0, 0.1) is 0 Å². The number of halogens is 1. The average molecular weight is 342 g/mol. The van der Waals surface area contributed by atoms with Crippen LogP contribution in [0.2, 0.25) is 0 Å². The van der Waals surface area contributed by atoms with E-state index in [1.807, 2.05) is 24.3 Å². The Balaban J connectivity index is 1.65. The van der Waals surface area contributed by atoms with Crippen molar-refractivity contribution in [1.29, 1.82) is 0 Å². The highest BCUT2D eigenvalue weighted by atomic mass is 79.9. The quantitative estimate of drug-likeness (QED) is 0.778. The molecular formula is C16H24BrNO2. The number of rotatable bonds is 6. The summed E-state index contributed by atoms with van der Waals surface area (Å²) in [7, 11) is 0. The Morgan fingerprint density at radius 3 is 2.70 bits per heavy atom. The van der Waals surface area contributed by atoms with E-state index in [9.17, 15) is 5.11 Å². The Morgan fingerprint density at radius 2 is 2.00 bits per heavy atom. The lowest BCUT2D eigenvalue weighted by atomic mass is 10.1. The van der Waals surface area contributed by atoms with Crippen LogP contribution in [0.5, 0.6) is 5.75 Å². The third kappa shape index (κ3) is 5.81. The number of hydrogen-bond acceptors (Lipinski definition) is 3. The zero-order valence-corrected chi connectivity index (χ0v) is 13.4. The summed E-state index contributed by atoms with van der Waals surface area (Å²) in [6.45, 7) is 0.939. The predicted molar refractivity (Wildman–Crippen MR) is 85.1 cm³/mol. The van der Waals surface area contributed by atoms with Gasteiger partial charge in [0.2, 0.25) is 0 Å². The standard InChI is InChI=1S/C16H24BrNO2/c17-13-6-5-9-16(10-13)20-12-15(19)11-18-14-7-3-1-2-4-8-14/h5-6,9-10,14-15,18-19H,1-4,7-8,11-12H2. The summed E-state index contributed by atoms with van der Waals surface area (Å²) in [6, 6.07) is 8.26. The van der Waals surface area contributed by atoms with E-state index in [0.29, 0.717) is 19.2 Å². The highest BCUT2D eigenvalue weighted by molar-refractivity contribution is 9.10. The van der Waals surface area contributed by atoms with Gasteiger partial charge >= 0.3 is 0 Å². The van der Waals surface area contributed by atoms with Gasteiger partial charge in [-0.05, 0) is 31.0 Å². The Morgan fingerprint density at radius 1 is 1.25 bits per heavy atom. The summed E-state index contributed by atoms with van der Waals surface area (Å²) >= 11 is 3.40. The number of ether oxygens (including phenoxy) is 1. The van der Waals surface area contributed by atoms with Gasteiger partial charge in [-0.2, -0.15) is 0 Å². The molecule has 2 rings (SSSR count). The van der Waals surface area contributed by atoms with Gasteiger partial charge in [0.1, 0.15) is 18.5 Å². The van der Waals surface area contributed by atoms with Gasteiger partial charge in [0, 0.05) is 17.1 Å². The molecule has 20 heavy (non-hydrogen) atoms. The molecule has 0 heterocycles. The maximum Gasteiger partial charge on any atom is 0.120 e. The van der Waals surface area contributed by atoms with Crippen LogP contribution in [-0.2, 0) is 0 Å². The molecule has 0 bridgehead atoms. The maximum atomic E-state index is 9.98. The highest BCUT2D eigenvalue weighted by Crippen LogP contribution is 2.18. The molecule has 1 aliphatic carbocycles. The summed E-state index contributed by atoms with van der Waals surface area (Å²) < 4.78 is 6.58. The Labute approximate surface area is 129 Å². The number of aliphatic hydroxyl groups is 1. The molecule has 0 saturated heterocycles. The molecule has 0 aliphatic heterocycles. The molecule has 3 nitrogen and oxygen atoms in total. The van der Waals surface area contributed by atoms with Crippen LogP contribution in [0.1, 0.15) is 38.5 Å². The molecule has 1 fully saturated rings. The van der Waals surface area contributed by atoms with Crippen molar-refractivity contribution in [1.82, 2.24) is 5.32 Å². The van der Waals surface area contributed by atoms with E-state index in [1.54, 1.807) is 0 Å². The van der Waals surface area contributed by atoms with Crippen LogP contribution in [0.4, 0.5) is 0 Å². The largest absolute Gasteiger partial charge is 0.491 e. The van der Waals surface area contributed by atoms with Crippen LogP contribution < -0.4 is 10.1 Å². The molecule has 1 atom stereocenters. The van der Waals surface area contributed by atoms with Crippen molar-refractivity contribution in [3.63, 3.8) is 0 Å². The fourth-order valence-electron chi connectivity index (χ4n) is 2.59. The van der Waals surface area contributed by atoms with Gasteiger partial charge in [0.25, 0.3) is 0 Å². The SMILES string of the molecule is OC(CNC1CCCCCC1)COc1cccc(Br)c1. The van der Waals surface area contributed by atoms with Gasteiger partial charge in [0.15, 0.2) is 0 Å². The fourth-order valence-corrected chi connectivity index (χ4v) is 2.97. The van der Waals surface area contributed by atoms with E-state index < -0.39 is 6.10 Å². The van der Waals surface area contributed by atoms with Crippen LogP contribution in [0.3, 0.4) is 0 Å². The summed E-state index contributed by atoms with van der Waals surface area (Å²) in [5, 5.41) is 13.5. The minimum atomic E-state index is -0.461. The lowest BCUT2D eigenvalue weighted by Gasteiger charge is -2.19. The van der Waals surface area contributed by atoms with Crippen molar-refractivity contribution in [2.75, 3.05) is 13.2 Å². The van der Waals surface area contributed by atoms with Crippen molar-refractivity contribution in [2.24, 2.45) is 0 Å². The number of benzene rings is 1. The predicted octanol–water partition coefficient (Wildman–Crippen LogP) is 3.50. The minimum Gasteiger partial charge on any atom is -0.491 e. The summed E-state index contributed by atoms with van der Waals surface area (Å²) in [4.78, 5) is 0. The second-order valence-electron chi connectivity index (χ2n) is 5.52. The molecule has 0 spiro atoms. The van der Waals surface area contributed by atoms with E-state index in [4.69, 9.17) is 4.74 Å². The van der Waals surface area contributed by atoms with Gasteiger partial charge in [-0.1, -0.05) is 47.7 Å². The molecule has 4 heteroatoms. The average Bonchev–Trinajstić information content (AvgIpc) is 2.71. The Bertz CT molecular complexity index is 392. The second kappa shape index (κ2) is 8.65. The molecule has 2 N–H and O–H groups in total. The third-order valence-corrected chi connectivity index (χ3v) is 4.23. The first-order valence-corrected chi connectivity index (χ1v) is 8.33. The highest BCUT2D eigenvalue weighted by Gasteiger charge is 2.13. The van der Waals surface area contributed by atoms with Crippen molar-refractivity contribution < 1.29 is 9.84 Å². The zero-order valence-electron chi connectivity index (χ0n) is 11.9. The van der Waals surface area contributed by atoms with Gasteiger partial charge in [-0.15, -0.1) is 0 Å². The summed E-state index contributed by atoms with van der Waals surface area (Å²) in [5.41, 5.74) is 0. The fraction of sp³-hybridized carbons (Fsp3) is 0.625. The Kier molecular flexibility index (Phi) is 6.83. The Hall–Kier alpha value is -0.580. The molecule has 1 aromatic rings. The van der Waals surface area contributed by atoms with Gasteiger partial charge in [0.05, 0.1) is 0 Å². The monoisotopic (exact) mass is 341 g/mol. The smallest absolute Gasteiger partial charge is 0.120 e. The van der Waals surface area contributed by atoms with Gasteiger partial charge in [-0.3, -0.25) is 0 Å². The first kappa shape index (κ1) is 15.8. The summed E-state index contributed by atoms with van der Waals surface area (Å²) in [5.74, 6) is 0.785. The molecule has 1 aliphatic rings. The third-order valence-electron chi connectivity index (χ3n) is 3.74. The molecule has 112 valence electrons. The molecule has 1 unspecified atom stereocenters. The van der Waals surface area contributed by atoms with Crippen LogP contribution >= 0.6 is 15.9 Å². The first-order chi connectivity index (χ1) is 9.74. The first-order valence-electron chi connectivity index (χ1n) is 7.54. The van der Waals surface area contributed by atoms with Crippen LogP contribution in [-0.4, -0.2) is 30.4 Å². The van der Waals surface area contributed by atoms with Crippen molar-refractivity contribution in [3.8, 4) is 5.75 Å². The van der Waals surface area contributed by atoms with Crippen molar-refractivity contribution >= 4 is 15.9 Å². The van der Waals surface area contributed by atoms with Crippen molar-refractivity contribution in [3.05, 3.63) is 28.7 Å². The normalized spacial score (nSPS) is 18.5. The maximum absolute atomic E-state index is 9.98. The summed E-state index contributed by atoms with van der Waals surface area (Å²) in [6.07, 6.45) is 7.33. The molecule has 1 aromatic carbocycles. The number of nitrogens with one attached hydrogen (secondary N) is 1. The minimum absolute atomic E-state index is 0.330. The molecular weight excluding hydrogens is 318 g/mol. The molecule has 0 amide bonds. The van der Waals surface area contributed by atoms with Crippen LogP contribution in [0.25, 0.3) is 0 Å². The van der Waals surface area contributed by atoms with E-state index in [2.05, 4.69) is 21.2 Å². The molecule has 0 radical (unpaired) electrons. The second-order valence-corrected chi connectivity index (χ2v) is 6.43. The van der Waals surface area contributed by atoms with E-state index >= 15 is 0 Å². The lowest BCUT2D eigenvalue weighted by molar-refractivity contribution is 0.103. The van der Waals surface area contributed by atoms with Gasteiger partial charge in [-0.25, -0.2) is 0 Å². The lowest BCUT2D eigenvalue weighted by Crippen LogP contribution is -2.37. The molecule has 0 aromatic heterocycles.